The predicted molar refractivity (Wildman–Crippen MR) is 79.8 cm³/mol. The highest BCUT2D eigenvalue weighted by Crippen LogP contribution is 2.19. The zero-order chi connectivity index (χ0) is 16.1. The highest BCUT2D eigenvalue weighted by molar-refractivity contribution is 6.31. The van der Waals surface area contributed by atoms with Crippen LogP contribution in [0.25, 0.3) is 0 Å². The summed E-state index contributed by atoms with van der Waals surface area (Å²) in [5.41, 5.74) is 0.386. The number of amides is 2. The lowest BCUT2D eigenvalue weighted by molar-refractivity contribution is 0.170. The third-order valence-corrected chi connectivity index (χ3v) is 3.19. The number of hydrogen-bond donors (Lipinski definition) is 3. The minimum absolute atomic E-state index is 0.0904. The van der Waals surface area contributed by atoms with Gasteiger partial charge in [-0.3, -0.25) is 0 Å². The fourth-order valence-corrected chi connectivity index (χ4v) is 1.97. The second kappa shape index (κ2) is 7.20. The van der Waals surface area contributed by atoms with Crippen LogP contribution in [0.15, 0.2) is 42.5 Å². The van der Waals surface area contributed by atoms with Crippen LogP contribution in [0.2, 0.25) is 5.02 Å². The molecular weight excluding hydrogens is 314 g/mol. The van der Waals surface area contributed by atoms with E-state index in [0.717, 1.165) is 6.07 Å². The lowest BCUT2D eigenvalue weighted by atomic mass is 10.1. The standard InChI is InChI=1S/C15H13ClF2N2O2/c16-11-7-9(5-6-13(11)18)20-15(22)19-8-14(21)10-3-1-2-4-12(10)17/h1-7,14,21H,8H2,(H2,19,20,22)/t14-/m0/s1. The van der Waals surface area contributed by atoms with Gasteiger partial charge in [0.2, 0.25) is 0 Å². The molecule has 2 rings (SSSR count). The summed E-state index contributed by atoms with van der Waals surface area (Å²) in [6.45, 7) is -0.179. The molecule has 0 spiro atoms. The van der Waals surface area contributed by atoms with Crippen LogP contribution in [0.4, 0.5) is 19.3 Å². The largest absolute Gasteiger partial charge is 0.386 e. The quantitative estimate of drug-likeness (QED) is 0.805. The van der Waals surface area contributed by atoms with E-state index in [9.17, 15) is 18.7 Å². The summed E-state index contributed by atoms with van der Waals surface area (Å²) in [7, 11) is 0. The van der Waals surface area contributed by atoms with Crippen LogP contribution in [0.5, 0.6) is 0 Å². The van der Waals surface area contributed by atoms with Crippen molar-refractivity contribution in [2.24, 2.45) is 0 Å². The fourth-order valence-electron chi connectivity index (χ4n) is 1.79. The molecule has 1 atom stereocenters. The number of urea groups is 1. The number of halogens is 3. The molecule has 0 unspecified atom stereocenters. The Morgan fingerprint density at radius 2 is 1.91 bits per heavy atom. The van der Waals surface area contributed by atoms with Crippen molar-refractivity contribution in [1.82, 2.24) is 5.32 Å². The minimum atomic E-state index is -1.18. The van der Waals surface area contributed by atoms with Gasteiger partial charge in [0, 0.05) is 17.8 Å². The van der Waals surface area contributed by atoms with Crippen LogP contribution in [0, 0.1) is 11.6 Å². The molecule has 2 amide bonds. The SMILES string of the molecule is O=C(NC[C@H](O)c1ccccc1F)Nc1ccc(F)c(Cl)c1. The molecule has 2 aromatic carbocycles. The third kappa shape index (κ3) is 4.16. The maximum absolute atomic E-state index is 13.5. The zero-order valence-corrected chi connectivity index (χ0v) is 12.1. The topological polar surface area (TPSA) is 61.4 Å². The molecular formula is C15H13ClF2N2O2. The summed E-state index contributed by atoms with van der Waals surface area (Å²) in [6.07, 6.45) is -1.18. The zero-order valence-electron chi connectivity index (χ0n) is 11.3. The van der Waals surface area contributed by atoms with E-state index in [4.69, 9.17) is 11.6 Å². The summed E-state index contributed by atoms with van der Waals surface area (Å²) in [5.74, 6) is -1.15. The molecule has 0 radical (unpaired) electrons. The molecule has 0 bridgehead atoms. The van der Waals surface area contributed by atoms with Gasteiger partial charge in [-0.25, -0.2) is 13.6 Å². The van der Waals surface area contributed by atoms with Crippen molar-refractivity contribution in [2.75, 3.05) is 11.9 Å². The number of aliphatic hydroxyl groups excluding tert-OH is 1. The number of anilines is 1. The Morgan fingerprint density at radius 3 is 2.59 bits per heavy atom. The van der Waals surface area contributed by atoms with E-state index < -0.39 is 23.8 Å². The Balaban J connectivity index is 1.90. The number of benzene rings is 2. The Bertz CT molecular complexity index is 682. The van der Waals surface area contributed by atoms with Gasteiger partial charge in [0.25, 0.3) is 0 Å². The van der Waals surface area contributed by atoms with Crippen molar-refractivity contribution in [1.29, 1.82) is 0 Å². The molecule has 4 nitrogen and oxygen atoms in total. The van der Waals surface area contributed by atoms with E-state index >= 15 is 0 Å². The average molecular weight is 327 g/mol. The summed E-state index contributed by atoms with van der Waals surface area (Å²) in [4.78, 5) is 11.7. The first-order valence-corrected chi connectivity index (χ1v) is 6.77. The van der Waals surface area contributed by atoms with Crippen LogP contribution in [-0.4, -0.2) is 17.7 Å². The van der Waals surface area contributed by atoms with E-state index in [1.54, 1.807) is 6.07 Å². The van der Waals surface area contributed by atoms with E-state index in [1.165, 1.54) is 30.3 Å². The summed E-state index contributed by atoms with van der Waals surface area (Å²) in [6, 6.07) is 8.83. The molecule has 0 saturated heterocycles. The lowest BCUT2D eigenvalue weighted by Crippen LogP contribution is -2.32. The van der Waals surface area contributed by atoms with Gasteiger partial charge in [0.15, 0.2) is 0 Å². The number of hydrogen-bond acceptors (Lipinski definition) is 2. The number of nitrogens with one attached hydrogen (secondary N) is 2. The Labute approximate surface area is 130 Å². The smallest absolute Gasteiger partial charge is 0.319 e. The van der Waals surface area contributed by atoms with Gasteiger partial charge in [0.05, 0.1) is 11.1 Å². The van der Waals surface area contributed by atoms with Crippen LogP contribution in [0.3, 0.4) is 0 Å². The number of carbonyl (C=O) groups excluding carboxylic acids is 1. The van der Waals surface area contributed by atoms with Crippen molar-refractivity contribution in [2.45, 2.75) is 6.10 Å². The lowest BCUT2D eigenvalue weighted by Gasteiger charge is -2.13. The number of carbonyl (C=O) groups is 1. The first kappa shape index (κ1) is 16.2. The summed E-state index contributed by atoms with van der Waals surface area (Å²) < 4.78 is 26.4. The van der Waals surface area contributed by atoms with Gasteiger partial charge < -0.3 is 15.7 Å². The molecule has 116 valence electrons. The van der Waals surface area contributed by atoms with Gasteiger partial charge in [0.1, 0.15) is 11.6 Å². The van der Waals surface area contributed by atoms with Crippen LogP contribution < -0.4 is 10.6 Å². The van der Waals surface area contributed by atoms with Crippen molar-refractivity contribution in [3.8, 4) is 0 Å². The highest BCUT2D eigenvalue weighted by atomic mass is 35.5. The number of aliphatic hydroxyl groups is 1. The van der Waals surface area contributed by atoms with E-state index in [2.05, 4.69) is 10.6 Å². The third-order valence-electron chi connectivity index (χ3n) is 2.90. The summed E-state index contributed by atoms with van der Waals surface area (Å²) >= 11 is 5.59. The Morgan fingerprint density at radius 1 is 1.18 bits per heavy atom. The highest BCUT2D eigenvalue weighted by Gasteiger charge is 2.13. The van der Waals surface area contributed by atoms with E-state index in [-0.39, 0.29) is 17.1 Å². The van der Waals surface area contributed by atoms with Crippen molar-refractivity contribution >= 4 is 23.3 Å². The van der Waals surface area contributed by atoms with Gasteiger partial charge in [-0.2, -0.15) is 0 Å². The molecule has 0 heterocycles. The molecule has 0 saturated carbocycles. The predicted octanol–water partition coefficient (Wildman–Crippen LogP) is 3.47. The Hall–Kier alpha value is -2.18. The molecule has 0 aromatic heterocycles. The van der Waals surface area contributed by atoms with Gasteiger partial charge in [-0.05, 0) is 24.3 Å². The second-order valence-electron chi connectivity index (χ2n) is 4.50. The maximum atomic E-state index is 13.5. The molecule has 0 aliphatic carbocycles. The fraction of sp³-hybridized carbons (Fsp3) is 0.133. The van der Waals surface area contributed by atoms with E-state index in [1.807, 2.05) is 0 Å². The molecule has 7 heteroatoms. The normalized spacial score (nSPS) is 11.8. The minimum Gasteiger partial charge on any atom is -0.386 e. The van der Waals surface area contributed by atoms with Crippen LogP contribution in [0.1, 0.15) is 11.7 Å². The molecule has 2 aromatic rings. The van der Waals surface area contributed by atoms with Gasteiger partial charge >= 0.3 is 6.03 Å². The van der Waals surface area contributed by atoms with Gasteiger partial charge in [-0.15, -0.1) is 0 Å². The maximum Gasteiger partial charge on any atom is 0.319 e. The van der Waals surface area contributed by atoms with E-state index in [0.29, 0.717) is 5.69 Å². The molecule has 3 N–H and O–H groups in total. The summed E-state index contributed by atoms with van der Waals surface area (Å²) in [5, 5.41) is 14.5. The molecule has 0 fully saturated rings. The second-order valence-corrected chi connectivity index (χ2v) is 4.91. The molecule has 22 heavy (non-hydrogen) atoms. The molecule has 0 aliphatic rings. The van der Waals surface area contributed by atoms with Crippen LogP contribution in [-0.2, 0) is 0 Å². The number of rotatable bonds is 4. The van der Waals surface area contributed by atoms with Crippen LogP contribution >= 0.6 is 11.6 Å². The van der Waals surface area contributed by atoms with Crippen molar-refractivity contribution in [3.05, 3.63) is 64.7 Å². The van der Waals surface area contributed by atoms with Crippen molar-refractivity contribution < 1.29 is 18.7 Å². The monoisotopic (exact) mass is 326 g/mol. The Kier molecular flexibility index (Phi) is 5.30. The molecule has 0 aliphatic heterocycles. The first-order chi connectivity index (χ1) is 10.5. The first-order valence-electron chi connectivity index (χ1n) is 6.40. The van der Waals surface area contributed by atoms with Crippen molar-refractivity contribution in [3.63, 3.8) is 0 Å². The average Bonchev–Trinajstić information content (AvgIpc) is 2.49. The van der Waals surface area contributed by atoms with Gasteiger partial charge in [-0.1, -0.05) is 29.8 Å².